The van der Waals surface area contributed by atoms with E-state index in [1.54, 1.807) is 18.7 Å². The van der Waals surface area contributed by atoms with Crippen molar-refractivity contribution in [3.63, 3.8) is 0 Å². The second-order valence-electron chi connectivity index (χ2n) is 13.8. The van der Waals surface area contributed by atoms with Gasteiger partial charge in [0, 0.05) is 12.5 Å². The van der Waals surface area contributed by atoms with Gasteiger partial charge < -0.3 is 27.0 Å². The molecule has 0 aliphatic heterocycles. The summed E-state index contributed by atoms with van der Waals surface area (Å²) in [5, 5.41) is 11.7. The van der Waals surface area contributed by atoms with Crippen molar-refractivity contribution in [1.82, 2.24) is 21.3 Å². The second kappa shape index (κ2) is 14.9. The highest BCUT2D eigenvalue weighted by atomic mass is 32.2. The van der Waals surface area contributed by atoms with Crippen molar-refractivity contribution in [3.05, 3.63) is 35.9 Å². The molecule has 4 aliphatic carbocycles. The smallest absolute Gasteiger partial charge is 0.243 e. The summed E-state index contributed by atoms with van der Waals surface area (Å²) in [6.45, 7) is 5.35. The quantitative estimate of drug-likeness (QED) is 0.206. The van der Waals surface area contributed by atoms with Gasteiger partial charge in [0.15, 0.2) is 0 Å². The van der Waals surface area contributed by atoms with E-state index in [9.17, 15) is 19.2 Å². The summed E-state index contributed by atoms with van der Waals surface area (Å²) in [5.41, 5.74) is 6.10. The summed E-state index contributed by atoms with van der Waals surface area (Å²) in [7, 11) is 0. The van der Waals surface area contributed by atoms with E-state index in [-0.39, 0.29) is 24.4 Å². The first kappa shape index (κ1) is 33.3. The first-order valence-corrected chi connectivity index (χ1v) is 17.3. The molecule has 0 saturated heterocycles. The minimum atomic E-state index is -1.11. The lowest BCUT2D eigenvalue weighted by Crippen LogP contribution is -2.60. The average molecular weight is 614 g/mol. The Bertz CT molecular complexity index is 1100. The number of hydrogen-bond donors (Lipinski definition) is 5. The van der Waals surface area contributed by atoms with Crippen LogP contribution in [0.1, 0.15) is 71.3 Å². The standard InChI is InChI=1S/C33H51N5O4S/c1-20(2)18-33(3,34)32(42)37-26(10-11-43-4)30(40)35-19-28(39)36-27(17-21-8-6-5-7-9-21)31(41)38-29-24-13-22-12-23(15-24)16-25(29)14-22/h5-9,20,22-27,29H,10-19,34H2,1-4H3,(H,35,40)(H,36,39)(H,37,42)(H,38,41)/t22?,23?,24?,25?,26-,27+,29?,33-/m1/s1. The number of carbonyl (C=O) groups is 4. The number of nitrogens with one attached hydrogen (secondary N) is 4. The highest BCUT2D eigenvalue weighted by Gasteiger charge is 2.49. The summed E-state index contributed by atoms with van der Waals surface area (Å²) < 4.78 is 0. The Hall–Kier alpha value is -2.59. The average Bonchev–Trinajstić information content (AvgIpc) is 2.94. The predicted molar refractivity (Wildman–Crippen MR) is 171 cm³/mol. The van der Waals surface area contributed by atoms with Crippen LogP contribution in [-0.2, 0) is 25.6 Å². The van der Waals surface area contributed by atoms with Crippen LogP contribution in [0.4, 0.5) is 0 Å². The van der Waals surface area contributed by atoms with E-state index < -0.39 is 35.3 Å². The number of hydrogen-bond acceptors (Lipinski definition) is 6. The molecule has 0 spiro atoms. The third-order valence-electron chi connectivity index (χ3n) is 9.48. The second-order valence-corrected chi connectivity index (χ2v) is 14.8. The van der Waals surface area contributed by atoms with Crippen LogP contribution in [0.2, 0.25) is 0 Å². The Morgan fingerprint density at radius 2 is 1.56 bits per heavy atom. The van der Waals surface area contributed by atoms with Gasteiger partial charge in [-0.2, -0.15) is 11.8 Å². The van der Waals surface area contributed by atoms with E-state index in [1.807, 2.05) is 50.4 Å². The van der Waals surface area contributed by atoms with Gasteiger partial charge in [-0.15, -0.1) is 0 Å². The van der Waals surface area contributed by atoms with Gasteiger partial charge in [-0.25, -0.2) is 0 Å². The molecule has 0 heterocycles. The molecule has 4 aliphatic rings. The molecule has 4 amide bonds. The lowest BCUT2D eigenvalue weighted by molar-refractivity contribution is -0.133. The summed E-state index contributed by atoms with van der Waals surface area (Å²) in [6, 6.07) is 8.24. The minimum Gasteiger partial charge on any atom is -0.351 e. The van der Waals surface area contributed by atoms with Crippen molar-refractivity contribution in [2.75, 3.05) is 18.6 Å². The van der Waals surface area contributed by atoms with Crippen LogP contribution < -0.4 is 27.0 Å². The van der Waals surface area contributed by atoms with Crippen molar-refractivity contribution in [3.8, 4) is 0 Å². The molecule has 43 heavy (non-hydrogen) atoms. The molecule has 6 N–H and O–H groups in total. The van der Waals surface area contributed by atoms with Crippen LogP contribution in [-0.4, -0.2) is 65.8 Å². The highest BCUT2D eigenvalue weighted by molar-refractivity contribution is 7.98. The van der Waals surface area contributed by atoms with Crippen molar-refractivity contribution in [1.29, 1.82) is 0 Å². The summed E-state index contributed by atoms with van der Waals surface area (Å²) >= 11 is 1.57. The van der Waals surface area contributed by atoms with E-state index in [2.05, 4.69) is 21.3 Å². The monoisotopic (exact) mass is 613 g/mol. The molecule has 1 aromatic carbocycles. The Morgan fingerprint density at radius 1 is 0.930 bits per heavy atom. The number of rotatable bonds is 15. The number of nitrogens with two attached hydrogens (primary N) is 1. The van der Waals surface area contributed by atoms with Gasteiger partial charge in [0.1, 0.15) is 12.1 Å². The SMILES string of the molecule is CSCC[C@@H](NC(=O)[C@](C)(N)CC(C)C)C(=O)NCC(=O)N[C@@H](Cc1ccccc1)C(=O)NC1C2CC3CC(C2)CC1C3. The Kier molecular flexibility index (Phi) is 11.6. The fourth-order valence-electron chi connectivity index (χ4n) is 7.79. The Labute approximate surface area is 261 Å². The Morgan fingerprint density at radius 3 is 2.14 bits per heavy atom. The lowest BCUT2D eigenvalue weighted by atomic mass is 9.54. The van der Waals surface area contributed by atoms with Crippen LogP contribution in [0, 0.1) is 29.6 Å². The lowest BCUT2D eigenvalue weighted by Gasteiger charge is -2.54. The molecule has 0 aromatic heterocycles. The molecular formula is C33H51N5O4S. The van der Waals surface area contributed by atoms with Crippen molar-refractivity contribution < 1.29 is 19.2 Å². The fourth-order valence-corrected chi connectivity index (χ4v) is 8.26. The van der Waals surface area contributed by atoms with Gasteiger partial charge in [0.05, 0.1) is 12.1 Å². The highest BCUT2D eigenvalue weighted by Crippen LogP contribution is 2.53. The molecule has 1 aromatic rings. The van der Waals surface area contributed by atoms with Gasteiger partial charge in [0.2, 0.25) is 23.6 Å². The summed E-state index contributed by atoms with van der Waals surface area (Å²) in [6.07, 6.45) is 9.27. The van der Waals surface area contributed by atoms with E-state index >= 15 is 0 Å². The minimum absolute atomic E-state index is 0.167. The fraction of sp³-hybridized carbons (Fsp3) is 0.697. The molecule has 4 saturated carbocycles. The van der Waals surface area contributed by atoms with E-state index in [0.29, 0.717) is 36.9 Å². The van der Waals surface area contributed by atoms with Gasteiger partial charge in [-0.05, 0) is 99.0 Å². The normalized spacial score (nSPS) is 26.7. The predicted octanol–water partition coefficient (Wildman–Crippen LogP) is 2.77. The molecule has 238 valence electrons. The van der Waals surface area contributed by atoms with Crippen LogP contribution >= 0.6 is 11.8 Å². The zero-order valence-electron chi connectivity index (χ0n) is 26.2. The first-order valence-electron chi connectivity index (χ1n) is 15.9. The van der Waals surface area contributed by atoms with Crippen LogP contribution in [0.25, 0.3) is 0 Å². The number of carbonyl (C=O) groups excluding carboxylic acids is 4. The Balaban J connectivity index is 1.36. The maximum atomic E-state index is 13.7. The zero-order chi connectivity index (χ0) is 31.1. The van der Waals surface area contributed by atoms with Crippen molar-refractivity contribution in [2.45, 2.75) is 95.8 Å². The molecule has 0 radical (unpaired) electrons. The third-order valence-corrected chi connectivity index (χ3v) is 10.1. The molecule has 3 atom stereocenters. The number of thioether (sulfide) groups is 1. The summed E-state index contributed by atoms with van der Waals surface area (Å²) in [5.74, 6) is 2.06. The van der Waals surface area contributed by atoms with Gasteiger partial charge in [-0.1, -0.05) is 44.2 Å². The number of benzene rings is 1. The van der Waals surface area contributed by atoms with Gasteiger partial charge in [0.25, 0.3) is 0 Å². The largest absolute Gasteiger partial charge is 0.351 e. The summed E-state index contributed by atoms with van der Waals surface area (Å²) in [4.78, 5) is 52.8. The zero-order valence-corrected chi connectivity index (χ0v) is 27.0. The van der Waals surface area contributed by atoms with Crippen LogP contribution in [0.15, 0.2) is 30.3 Å². The number of amides is 4. The van der Waals surface area contributed by atoms with E-state index in [4.69, 9.17) is 5.73 Å². The third kappa shape index (κ3) is 9.20. The molecule has 0 unspecified atom stereocenters. The molecule has 9 nitrogen and oxygen atoms in total. The van der Waals surface area contributed by atoms with Gasteiger partial charge in [-0.3, -0.25) is 19.2 Å². The molecule has 4 fully saturated rings. The van der Waals surface area contributed by atoms with Crippen molar-refractivity contribution >= 4 is 35.4 Å². The van der Waals surface area contributed by atoms with Crippen LogP contribution in [0.3, 0.4) is 0 Å². The van der Waals surface area contributed by atoms with E-state index in [0.717, 1.165) is 17.4 Å². The van der Waals surface area contributed by atoms with Gasteiger partial charge >= 0.3 is 0 Å². The first-order chi connectivity index (χ1) is 20.4. The topological polar surface area (TPSA) is 142 Å². The molecule has 5 rings (SSSR count). The maximum Gasteiger partial charge on any atom is 0.243 e. The molecule has 10 heteroatoms. The van der Waals surface area contributed by atoms with E-state index in [1.165, 1.54) is 32.1 Å². The van der Waals surface area contributed by atoms with Crippen LogP contribution in [0.5, 0.6) is 0 Å². The van der Waals surface area contributed by atoms with Crippen molar-refractivity contribution in [2.24, 2.45) is 35.3 Å². The molecule has 4 bridgehead atoms. The maximum absolute atomic E-state index is 13.7. The molecular weight excluding hydrogens is 562 g/mol.